The van der Waals surface area contributed by atoms with Gasteiger partial charge in [-0.1, -0.05) is 18.2 Å². The molecule has 0 fully saturated rings. The fourth-order valence-corrected chi connectivity index (χ4v) is 5.32. The normalized spacial score (nSPS) is 11.1. The molecule has 2 heterocycles. The van der Waals surface area contributed by atoms with Crippen molar-refractivity contribution >= 4 is 39.0 Å². The van der Waals surface area contributed by atoms with E-state index in [4.69, 9.17) is 4.74 Å². The van der Waals surface area contributed by atoms with E-state index < -0.39 is 4.92 Å². The lowest BCUT2D eigenvalue weighted by Crippen LogP contribution is -1.99. The summed E-state index contributed by atoms with van der Waals surface area (Å²) in [6.45, 7) is 0. The first kappa shape index (κ1) is 20.9. The zero-order valence-corrected chi connectivity index (χ0v) is 18.7. The highest BCUT2D eigenvalue weighted by atomic mass is 32.2. The summed E-state index contributed by atoms with van der Waals surface area (Å²) in [5.41, 5.74) is 1.96. The Morgan fingerprint density at radius 1 is 1.09 bits per heavy atom. The van der Waals surface area contributed by atoms with Crippen LogP contribution < -0.4 is 4.74 Å². The van der Waals surface area contributed by atoms with Crippen molar-refractivity contribution in [3.8, 4) is 28.6 Å². The summed E-state index contributed by atoms with van der Waals surface area (Å²) in [5, 5.41) is 30.8. The first-order chi connectivity index (χ1) is 16.0. The van der Waals surface area contributed by atoms with Crippen molar-refractivity contribution in [1.29, 1.82) is 0 Å². The quantitative estimate of drug-likeness (QED) is 0.258. The van der Waals surface area contributed by atoms with Crippen LogP contribution in [0.25, 0.3) is 27.3 Å². The summed E-state index contributed by atoms with van der Waals surface area (Å²) in [5.74, 6) is 1.06. The van der Waals surface area contributed by atoms with Gasteiger partial charge < -0.3 is 9.84 Å². The molecular formula is C22H15N5O4S2. The molecule has 3 aromatic carbocycles. The Morgan fingerprint density at radius 2 is 1.91 bits per heavy atom. The number of nitrogens with zero attached hydrogens (tertiary/aromatic N) is 5. The lowest BCUT2D eigenvalue weighted by atomic mass is 10.1. The molecule has 5 aromatic rings. The molecule has 0 spiro atoms. The molecule has 2 aromatic heterocycles. The monoisotopic (exact) mass is 477 g/mol. The highest BCUT2D eigenvalue weighted by Crippen LogP contribution is 2.39. The maximum absolute atomic E-state index is 11.1. The van der Waals surface area contributed by atoms with Gasteiger partial charge in [-0.25, -0.2) is 4.98 Å². The Balaban J connectivity index is 1.61. The van der Waals surface area contributed by atoms with Crippen LogP contribution in [0.1, 0.15) is 0 Å². The number of phenols is 1. The molecule has 0 aliphatic carbocycles. The van der Waals surface area contributed by atoms with E-state index >= 15 is 0 Å². The minimum atomic E-state index is -0.426. The van der Waals surface area contributed by atoms with Gasteiger partial charge in [0, 0.05) is 17.8 Å². The molecule has 1 N–H and O–H groups in total. The van der Waals surface area contributed by atoms with Crippen LogP contribution in [0.5, 0.6) is 11.5 Å². The van der Waals surface area contributed by atoms with Crippen LogP contribution in [-0.4, -0.2) is 36.9 Å². The fourth-order valence-electron chi connectivity index (χ4n) is 3.27. The van der Waals surface area contributed by atoms with Gasteiger partial charge >= 0.3 is 0 Å². The van der Waals surface area contributed by atoms with Crippen molar-refractivity contribution < 1.29 is 14.8 Å². The number of hydrogen-bond donors (Lipinski definition) is 1. The molecule has 11 heteroatoms. The number of ether oxygens (including phenoxy) is 1. The molecule has 0 radical (unpaired) electrons. The molecule has 0 saturated heterocycles. The minimum Gasteiger partial charge on any atom is -0.507 e. The summed E-state index contributed by atoms with van der Waals surface area (Å²) < 4.78 is 8.51. The molecule has 0 aliphatic rings. The van der Waals surface area contributed by atoms with Crippen molar-refractivity contribution in [3.05, 3.63) is 76.8 Å². The Labute approximate surface area is 195 Å². The maximum atomic E-state index is 11.1. The summed E-state index contributed by atoms with van der Waals surface area (Å²) in [4.78, 5) is 15.2. The van der Waals surface area contributed by atoms with E-state index in [0.29, 0.717) is 36.9 Å². The number of nitro groups is 1. The summed E-state index contributed by atoms with van der Waals surface area (Å²) in [6.07, 6.45) is 0. The number of nitro benzene ring substituents is 1. The third kappa shape index (κ3) is 3.99. The fraction of sp³-hybridized carbons (Fsp3) is 0.0455. The van der Waals surface area contributed by atoms with Crippen molar-refractivity contribution in [2.24, 2.45) is 0 Å². The van der Waals surface area contributed by atoms with Crippen molar-refractivity contribution in [3.63, 3.8) is 0 Å². The van der Waals surface area contributed by atoms with Gasteiger partial charge in [0.2, 0.25) is 5.16 Å². The van der Waals surface area contributed by atoms with Crippen LogP contribution in [0, 0.1) is 10.1 Å². The number of hydrogen-bond acceptors (Lipinski definition) is 9. The molecule has 5 rings (SSSR count). The lowest BCUT2D eigenvalue weighted by molar-refractivity contribution is -0.384. The average molecular weight is 478 g/mol. The van der Waals surface area contributed by atoms with E-state index in [0.717, 1.165) is 5.69 Å². The Morgan fingerprint density at radius 3 is 2.67 bits per heavy atom. The van der Waals surface area contributed by atoms with Crippen LogP contribution in [0.4, 0.5) is 5.69 Å². The van der Waals surface area contributed by atoms with E-state index in [2.05, 4.69) is 15.2 Å². The summed E-state index contributed by atoms with van der Waals surface area (Å²) >= 11 is 2.63. The summed E-state index contributed by atoms with van der Waals surface area (Å²) in [7, 11) is 1.55. The number of phenolic OH excluding ortho intramolecular Hbond substituents is 1. The standard InChI is InChI=1S/C22H15N5O4S2/c1-31-15-8-10-18(28)16(12-15)20-24-25-21(26(20)13-5-3-2-4-6-13)33-22-23-17-9-7-14(27(29)30)11-19(17)32-22/h2-12,28H,1H3. The lowest BCUT2D eigenvalue weighted by Gasteiger charge is -2.11. The van der Waals surface area contributed by atoms with Gasteiger partial charge in [-0.3, -0.25) is 14.7 Å². The second-order valence-corrected chi connectivity index (χ2v) is 9.10. The topological polar surface area (TPSA) is 116 Å². The molecule has 0 aliphatic heterocycles. The predicted octanol–water partition coefficient (Wildman–Crippen LogP) is 5.32. The largest absolute Gasteiger partial charge is 0.507 e. The van der Waals surface area contributed by atoms with Gasteiger partial charge in [-0.15, -0.1) is 21.5 Å². The van der Waals surface area contributed by atoms with Crippen LogP contribution in [0.3, 0.4) is 0 Å². The molecule has 0 saturated carbocycles. The van der Waals surface area contributed by atoms with Crippen molar-refractivity contribution in [2.75, 3.05) is 7.11 Å². The SMILES string of the molecule is COc1ccc(O)c(-c2nnc(Sc3nc4ccc([N+](=O)[O-])cc4s3)n2-c2ccccc2)c1. The summed E-state index contributed by atoms with van der Waals surface area (Å²) in [6, 6.07) is 19.0. The van der Waals surface area contributed by atoms with Crippen LogP contribution in [0.2, 0.25) is 0 Å². The number of benzene rings is 3. The van der Waals surface area contributed by atoms with Gasteiger partial charge in [0.15, 0.2) is 10.2 Å². The third-order valence-corrected chi connectivity index (χ3v) is 6.86. The average Bonchev–Trinajstić information content (AvgIpc) is 3.43. The van der Waals surface area contributed by atoms with Crippen molar-refractivity contribution in [2.45, 2.75) is 9.50 Å². The van der Waals surface area contributed by atoms with E-state index in [1.807, 2.05) is 34.9 Å². The van der Waals surface area contributed by atoms with Crippen LogP contribution in [0.15, 0.2) is 76.2 Å². The van der Waals surface area contributed by atoms with E-state index in [1.54, 1.807) is 31.4 Å². The molecule has 0 atom stereocenters. The number of thiazole rings is 1. The van der Waals surface area contributed by atoms with Gasteiger partial charge in [0.05, 0.1) is 27.8 Å². The van der Waals surface area contributed by atoms with Crippen LogP contribution in [-0.2, 0) is 0 Å². The van der Waals surface area contributed by atoms with Gasteiger partial charge in [-0.05, 0) is 48.2 Å². The highest BCUT2D eigenvalue weighted by Gasteiger charge is 2.21. The molecule has 0 unspecified atom stereocenters. The third-order valence-electron chi connectivity index (χ3n) is 4.83. The molecular weight excluding hydrogens is 462 g/mol. The maximum Gasteiger partial charge on any atom is 0.270 e. The first-order valence-electron chi connectivity index (χ1n) is 9.64. The smallest absolute Gasteiger partial charge is 0.270 e. The predicted molar refractivity (Wildman–Crippen MR) is 125 cm³/mol. The second-order valence-electron chi connectivity index (χ2n) is 6.85. The number of non-ortho nitro benzene ring substituents is 1. The number of aromatic hydroxyl groups is 1. The van der Waals surface area contributed by atoms with Gasteiger partial charge in [0.25, 0.3) is 5.69 Å². The second kappa shape index (κ2) is 8.52. The number of fused-ring (bicyclic) bond motifs is 1. The Hall–Kier alpha value is -3.96. The number of methoxy groups -OCH3 is 1. The Bertz CT molecular complexity index is 1480. The zero-order valence-electron chi connectivity index (χ0n) is 17.1. The van der Waals surface area contributed by atoms with Gasteiger partial charge in [-0.2, -0.15) is 0 Å². The van der Waals surface area contributed by atoms with Crippen molar-refractivity contribution in [1.82, 2.24) is 19.7 Å². The van der Waals surface area contributed by atoms with Gasteiger partial charge in [0.1, 0.15) is 11.5 Å². The van der Waals surface area contributed by atoms with Crippen LogP contribution >= 0.6 is 23.1 Å². The van der Waals surface area contributed by atoms with E-state index in [9.17, 15) is 15.2 Å². The van der Waals surface area contributed by atoms with E-state index in [1.165, 1.54) is 35.2 Å². The molecule has 0 bridgehead atoms. The highest BCUT2D eigenvalue weighted by molar-refractivity contribution is 8.01. The Kier molecular flexibility index (Phi) is 5.40. The molecule has 164 valence electrons. The number of para-hydroxylation sites is 1. The van der Waals surface area contributed by atoms with E-state index in [-0.39, 0.29) is 11.4 Å². The minimum absolute atomic E-state index is 0.0194. The molecule has 0 amide bonds. The zero-order chi connectivity index (χ0) is 22.9. The molecule has 33 heavy (non-hydrogen) atoms. The molecule has 9 nitrogen and oxygen atoms in total. The number of rotatable bonds is 6. The number of aromatic nitrogens is 4. The first-order valence-corrected chi connectivity index (χ1v) is 11.3.